The smallest absolute Gasteiger partial charge is 0.119 e. The lowest BCUT2D eigenvalue weighted by Gasteiger charge is -2.03. The summed E-state index contributed by atoms with van der Waals surface area (Å²) in [6, 6.07) is 10.0. The van der Waals surface area contributed by atoms with Crippen molar-refractivity contribution in [2.75, 3.05) is 7.11 Å². The molecule has 2 heterocycles. The van der Waals surface area contributed by atoms with E-state index in [1.807, 2.05) is 36.7 Å². The number of fused-ring (bicyclic) bond motifs is 1. The Kier molecular flexibility index (Phi) is 2.29. The lowest BCUT2D eigenvalue weighted by molar-refractivity contribution is 0.415. The highest BCUT2D eigenvalue weighted by Crippen LogP contribution is 2.29. The molecule has 1 aromatic carbocycles. The number of aromatic nitrogens is 2. The zero-order valence-corrected chi connectivity index (χ0v) is 9.47. The summed E-state index contributed by atoms with van der Waals surface area (Å²) in [5, 5.41) is 2.29. The van der Waals surface area contributed by atoms with Crippen molar-refractivity contribution >= 4 is 10.8 Å². The van der Waals surface area contributed by atoms with E-state index >= 15 is 0 Å². The minimum Gasteiger partial charge on any atom is -0.497 e. The number of nitrogens with one attached hydrogen (secondary N) is 1. The first kappa shape index (κ1) is 9.90. The minimum absolute atomic E-state index is 0.860. The largest absolute Gasteiger partial charge is 0.497 e. The van der Waals surface area contributed by atoms with Gasteiger partial charge in [0.1, 0.15) is 5.75 Å². The molecule has 0 unspecified atom stereocenters. The van der Waals surface area contributed by atoms with Crippen LogP contribution >= 0.6 is 0 Å². The second-order valence-corrected chi connectivity index (χ2v) is 3.86. The van der Waals surface area contributed by atoms with Crippen LogP contribution in [-0.2, 0) is 0 Å². The molecule has 0 aliphatic carbocycles. The number of H-pyrrole nitrogens is 1. The lowest BCUT2D eigenvalue weighted by atomic mass is 10.1. The Balaban J connectivity index is 2.20. The van der Waals surface area contributed by atoms with Gasteiger partial charge in [-0.3, -0.25) is 4.98 Å². The van der Waals surface area contributed by atoms with Crippen molar-refractivity contribution in [1.29, 1.82) is 0 Å². The fourth-order valence-corrected chi connectivity index (χ4v) is 1.99. The molecule has 3 nitrogen and oxygen atoms in total. The number of hydrogen-bond donors (Lipinski definition) is 1. The van der Waals surface area contributed by atoms with Crippen LogP contribution < -0.4 is 4.74 Å². The molecule has 0 saturated carbocycles. The first-order valence-corrected chi connectivity index (χ1v) is 5.44. The quantitative estimate of drug-likeness (QED) is 0.725. The average molecular weight is 224 g/mol. The molecule has 3 aromatic rings. The standard InChI is InChI=1S/C14H12N2O/c1-17-12-4-2-3-10(7-12)14-13-5-6-15-8-11(13)9-16-14/h2-9,16H,1H3. The van der Waals surface area contributed by atoms with Gasteiger partial charge in [0.15, 0.2) is 0 Å². The molecule has 0 bridgehead atoms. The summed E-state index contributed by atoms with van der Waals surface area (Å²) in [5.74, 6) is 0.860. The highest BCUT2D eigenvalue weighted by Gasteiger charge is 2.06. The summed E-state index contributed by atoms with van der Waals surface area (Å²) in [5.41, 5.74) is 2.21. The molecule has 3 heteroatoms. The third kappa shape index (κ3) is 1.65. The molecular weight excluding hydrogens is 212 g/mol. The van der Waals surface area contributed by atoms with E-state index < -0.39 is 0 Å². The maximum Gasteiger partial charge on any atom is 0.119 e. The van der Waals surface area contributed by atoms with Crippen LogP contribution in [0.1, 0.15) is 0 Å². The molecular formula is C14H12N2O. The summed E-state index contributed by atoms with van der Waals surface area (Å²) in [7, 11) is 1.68. The third-order valence-electron chi connectivity index (χ3n) is 2.85. The molecule has 0 aliphatic heterocycles. The van der Waals surface area contributed by atoms with E-state index in [4.69, 9.17) is 4.74 Å². The van der Waals surface area contributed by atoms with Crippen LogP contribution in [-0.4, -0.2) is 17.1 Å². The minimum atomic E-state index is 0.860. The van der Waals surface area contributed by atoms with E-state index in [9.17, 15) is 0 Å². The van der Waals surface area contributed by atoms with Gasteiger partial charge in [0.05, 0.1) is 12.8 Å². The van der Waals surface area contributed by atoms with Crippen molar-refractivity contribution in [2.24, 2.45) is 0 Å². The van der Waals surface area contributed by atoms with Gasteiger partial charge in [-0.05, 0) is 18.2 Å². The number of pyridine rings is 1. The molecule has 0 saturated heterocycles. The monoisotopic (exact) mass is 224 g/mol. The zero-order chi connectivity index (χ0) is 11.7. The first-order valence-electron chi connectivity index (χ1n) is 5.44. The van der Waals surface area contributed by atoms with Crippen molar-refractivity contribution < 1.29 is 4.74 Å². The van der Waals surface area contributed by atoms with Crippen molar-refractivity contribution in [1.82, 2.24) is 9.97 Å². The number of rotatable bonds is 2. The van der Waals surface area contributed by atoms with E-state index in [1.54, 1.807) is 13.3 Å². The van der Waals surface area contributed by atoms with Crippen molar-refractivity contribution in [3.05, 3.63) is 48.9 Å². The molecule has 2 aromatic heterocycles. The molecule has 0 fully saturated rings. The normalized spacial score (nSPS) is 10.6. The first-order chi connectivity index (χ1) is 8.38. The maximum absolute atomic E-state index is 5.24. The molecule has 17 heavy (non-hydrogen) atoms. The van der Waals surface area contributed by atoms with E-state index in [2.05, 4.69) is 16.0 Å². The number of benzene rings is 1. The van der Waals surface area contributed by atoms with Gasteiger partial charge in [-0.1, -0.05) is 12.1 Å². The highest BCUT2D eigenvalue weighted by molar-refractivity contribution is 5.95. The zero-order valence-electron chi connectivity index (χ0n) is 9.47. The lowest BCUT2D eigenvalue weighted by Crippen LogP contribution is -1.84. The Morgan fingerprint density at radius 1 is 1.24 bits per heavy atom. The second-order valence-electron chi connectivity index (χ2n) is 3.86. The molecule has 0 spiro atoms. The van der Waals surface area contributed by atoms with Crippen LogP contribution in [0.25, 0.3) is 22.0 Å². The van der Waals surface area contributed by atoms with Crippen LogP contribution in [0, 0.1) is 0 Å². The van der Waals surface area contributed by atoms with Gasteiger partial charge >= 0.3 is 0 Å². The van der Waals surface area contributed by atoms with Gasteiger partial charge in [-0.25, -0.2) is 0 Å². The SMILES string of the molecule is COc1cccc(-c2[nH]cc3cnccc23)c1. The highest BCUT2D eigenvalue weighted by atomic mass is 16.5. The fraction of sp³-hybridized carbons (Fsp3) is 0.0714. The number of ether oxygens (including phenoxy) is 1. The molecule has 0 aliphatic rings. The molecule has 0 radical (unpaired) electrons. The summed E-state index contributed by atoms with van der Waals surface area (Å²) in [6.07, 6.45) is 5.63. The van der Waals surface area contributed by atoms with Gasteiger partial charge in [-0.2, -0.15) is 0 Å². The topological polar surface area (TPSA) is 37.9 Å². The summed E-state index contributed by atoms with van der Waals surface area (Å²) in [4.78, 5) is 7.39. The van der Waals surface area contributed by atoms with Crippen LogP contribution in [0.4, 0.5) is 0 Å². The number of aromatic amines is 1. The Morgan fingerprint density at radius 2 is 2.18 bits per heavy atom. The number of nitrogens with zero attached hydrogens (tertiary/aromatic N) is 1. The Bertz CT molecular complexity index is 658. The van der Waals surface area contributed by atoms with Gasteiger partial charge in [0.25, 0.3) is 0 Å². The van der Waals surface area contributed by atoms with E-state index in [1.165, 1.54) is 5.39 Å². The summed E-state index contributed by atoms with van der Waals surface area (Å²) < 4.78 is 5.24. The molecule has 0 amide bonds. The third-order valence-corrected chi connectivity index (χ3v) is 2.85. The maximum atomic E-state index is 5.24. The predicted molar refractivity (Wildman–Crippen MR) is 68.1 cm³/mol. The van der Waals surface area contributed by atoms with Gasteiger partial charge in [0.2, 0.25) is 0 Å². The average Bonchev–Trinajstić information content (AvgIpc) is 2.82. The predicted octanol–water partition coefficient (Wildman–Crippen LogP) is 3.24. The fourth-order valence-electron chi connectivity index (χ4n) is 1.99. The second kappa shape index (κ2) is 3.94. The molecule has 1 N–H and O–H groups in total. The molecule has 0 atom stereocenters. The van der Waals surface area contributed by atoms with Crippen molar-refractivity contribution in [3.63, 3.8) is 0 Å². The molecule has 84 valence electrons. The van der Waals surface area contributed by atoms with Crippen LogP contribution in [0.15, 0.2) is 48.9 Å². The van der Waals surface area contributed by atoms with Crippen LogP contribution in [0.3, 0.4) is 0 Å². The van der Waals surface area contributed by atoms with E-state index in [-0.39, 0.29) is 0 Å². The van der Waals surface area contributed by atoms with Crippen LogP contribution in [0.2, 0.25) is 0 Å². The summed E-state index contributed by atoms with van der Waals surface area (Å²) >= 11 is 0. The Labute approximate surface area is 99.1 Å². The Morgan fingerprint density at radius 3 is 3.06 bits per heavy atom. The van der Waals surface area contributed by atoms with Gasteiger partial charge in [-0.15, -0.1) is 0 Å². The van der Waals surface area contributed by atoms with E-state index in [0.29, 0.717) is 0 Å². The van der Waals surface area contributed by atoms with Crippen molar-refractivity contribution in [3.8, 4) is 17.0 Å². The molecule has 3 rings (SSSR count). The van der Waals surface area contributed by atoms with Gasteiger partial charge in [0, 0.05) is 34.9 Å². The van der Waals surface area contributed by atoms with E-state index in [0.717, 1.165) is 22.4 Å². The van der Waals surface area contributed by atoms with Crippen molar-refractivity contribution in [2.45, 2.75) is 0 Å². The summed E-state index contributed by atoms with van der Waals surface area (Å²) in [6.45, 7) is 0. The van der Waals surface area contributed by atoms with Crippen LogP contribution in [0.5, 0.6) is 5.75 Å². The van der Waals surface area contributed by atoms with Gasteiger partial charge < -0.3 is 9.72 Å². The Hall–Kier alpha value is -2.29. The number of methoxy groups -OCH3 is 1. The number of hydrogen-bond acceptors (Lipinski definition) is 2.